The molecule has 2 N–H and O–H groups in total. The monoisotopic (exact) mass is 259 g/mol. The number of hydrogen-bond donors (Lipinski definition) is 2. The molecule has 1 amide bonds. The minimum Gasteiger partial charge on any atom is -0.392 e. The number of carbonyl (C=O) groups excluding carboxylic acids is 1. The highest BCUT2D eigenvalue weighted by Gasteiger charge is 2.09. The van der Waals surface area contributed by atoms with E-state index in [1.807, 2.05) is 6.92 Å². The van der Waals surface area contributed by atoms with Crippen LogP contribution in [0.2, 0.25) is 0 Å². The lowest BCUT2D eigenvalue weighted by molar-refractivity contribution is 0.102. The standard InChI is InChI=1S/C15H14FNO2/c1-10-2-7-13(16)14(8-10)17-15(19)12-5-3-11(9-18)4-6-12/h2-8,18H,9H2,1H3,(H,17,19). The van der Waals surface area contributed by atoms with Crippen LogP contribution in [0.4, 0.5) is 10.1 Å². The van der Waals surface area contributed by atoms with Gasteiger partial charge >= 0.3 is 0 Å². The molecular weight excluding hydrogens is 245 g/mol. The van der Waals surface area contributed by atoms with Gasteiger partial charge in [0, 0.05) is 5.56 Å². The van der Waals surface area contributed by atoms with Gasteiger partial charge in [-0.3, -0.25) is 4.79 Å². The van der Waals surface area contributed by atoms with Crippen molar-refractivity contribution in [1.82, 2.24) is 0 Å². The van der Waals surface area contributed by atoms with Crippen molar-refractivity contribution in [3.63, 3.8) is 0 Å². The summed E-state index contributed by atoms with van der Waals surface area (Å²) in [6, 6.07) is 11.0. The van der Waals surface area contributed by atoms with E-state index in [0.29, 0.717) is 5.56 Å². The van der Waals surface area contributed by atoms with E-state index >= 15 is 0 Å². The molecule has 19 heavy (non-hydrogen) atoms. The third kappa shape index (κ3) is 3.17. The summed E-state index contributed by atoms with van der Waals surface area (Å²) in [6.07, 6.45) is 0. The van der Waals surface area contributed by atoms with Crippen LogP contribution in [0.15, 0.2) is 42.5 Å². The van der Waals surface area contributed by atoms with Gasteiger partial charge in [0.1, 0.15) is 5.82 Å². The number of aryl methyl sites for hydroxylation is 1. The zero-order valence-corrected chi connectivity index (χ0v) is 10.5. The third-order valence-corrected chi connectivity index (χ3v) is 2.77. The van der Waals surface area contributed by atoms with Crippen molar-refractivity contribution in [1.29, 1.82) is 0 Å². The fraction of sp³-hybridized carbons (Fsp3) is 0.133. The molecule has 0 radical (unpaired) electrons. The molecule has 0 heterocycles. The van der Waals surface area contributed by atoms with E-state index in [1.54, 1.807) is 36.4 Å². The Balaban J connectivity index is 2.18. The van der Waals surface area contributed by atoms with Gasteiger partial charge in [-0.25, -0.2) is 4.39 Å². The molecular formula is C15H14FNO2. The summed E-state index contributed by atoms with van der Waals surface area (Å²) >= 11 is 0. The number of hydrogen-bond acceptors (Lipinski definition) is 2. The summed E-state index contributed by atoms with van der Waals surface area (Å²) in [5.74, 6) is -0.847. The van der Waals surface area contributed by atoms with Crippen molar-refractivity contribution in [2.45, 2.75) is 13.5 Å². The van der Waals surface area contributed by atoms with E-state index in [1.165, 1.54) is 6.07 Å². The molecule has 98 valence electrons. The second kappa shape index (κ2) is 5.63. The summed E-state index contributed by atoms with van der Waals surface area (Å²) in [6.45, 7) is 1.75. The molecule has 2 aromatic rings. The second-order valence-electron chi connectivity index (χ2n) is 4.29. The van der Waals surface area contributed by atoms with Gasteiger partial charge in [0.15, 0.2) is 0 Å². The average molecular weight is 259 g/mol. The molecule has 0 saturated carbocycles. The van der Waals surface area contributed by atoms with Crippen LogP contribution in [0.1, 0.15) is 21.5 Å². The Hall–Kier alpha value is -2.20. The fourth-order valence-electron chi connectivity index (χ4n) is 1.69. The molecule has 0 aliphatic carbocycles. The number of rotatable bonds is 3. The van der Waals surface area contributed by atoms with E-state index in [9.17, 15) is 9.18 Å². The smallest absolute Gasteiger partial charge is 0.255 e. The van der Waals surface area contributed by atoms with Crippen LogP contribution in [0.5, 0.6) is 0 Å². The highest BCUT2D eigenvalue weighted by Crippen LogP contribution is 2.17. The van der Waals surface area contributed by atoms with E-state index in [-0.39, 0.29) is 18.2 Å². The van der Waals surface area contributed by atoms with Gasteiger partial charge in [0.05, 0.1) is 12.3 Å². The maximum absolute atomic E-state index is 13.5. The van der Waals surface area contributed by atoms with Gasteiger partial charge in [0.25, 0.3) is 5.91 Å². The first-order chi connectivity index (χ1) is 9.10. The summed E-state index contributed by atoms with van der Waals surface area (Å²) in [5, 5.41) is 11.4. The number of aliphatic hydroxyl groups excluding tert-OH is 1. The van der Waals surface area contributed by atoms with Crippen molar-refractivity contribution in [2.24, 2.45) is 0 Å². The molecule has 0 unspecified atom stereocenters. The molecule has 0 aliphatic heterocycles. The molecule has 0 fully saturated rings. The molecule has 2 aromatic carbocycles. The van der Waals surface area contributed by atoms with Crippen LogP contribution in [-0.2, 0) is 6.61 Å². The van der Waals surface area contributed by atoms with Crippen molar-refractivity contribution in [3.8, 4) is 0 Å². The maximum Gasteiger partial charge on any atom is 0.255 e. The zero-order valence-electron chi connectivity index (χ0n) is 10.5. The number of amides is 1. The molecule has 0 bridgehead atoms. The number of anilines is 1. The predicted octanol–water partition coefficient (Wildman–Crippen LogP) is 2.88. The molecule has 3 nitrogen and oxygen atoms in total. The summed E-state index contributed by atoms with van der Waals surface area (Å²) < 4.78 is 13.5. The molecule has 2 rings (SSSR count). The lowest BCUT2D eigenvalue weighted by atomic mass is 10.1. The lowest BCUT2D eigenvalue weighted by Crippen LogP contribution is -2.13. The van der Waals surface area contributed by atoms with Gasteiger partial charge < -0.3 is 10.4 Å². The van der Waals surface area contributed by atoms with Crippen LogP contribution < -0.4 is 5.32 Å². The number of aliphatic hydroxyl groups is 1. The molecule has 4 heteroatoms. The number of nitrogens with one attached hydrogen (secondary N) is 1. The van der Waals surface area contributed by atoms with Crippen molar-refractivity contribution in [3.05, 3.63) is 65.0 Å². The summed E-state index contributed by atoms with van der Waals surface area (Å²) in [4.78, 5) is 11.9. The van der Waals surface area contributed by atoms with Gasteiger partial charge in [-0.05, 0) is 42.3 Å². The largest absolute Gasteiger partial charge is 0.392 e. The quantitative estimate of drug-likeness (QED) is 0.890. The first-order valence-electron chi connectivity index (χ1n) is 5.87. The number of benzene rings is 2. The van der Waals surface area contributed by atoms with Gasteiger partial charge in [-0.2, -0.15) is 0 Å². The highest BCUT2D eigenvalue weighted by atomic mass is 19.1. The summed E-state index contributed by atoms with van der Waals surface area (Å²) in [7, 11) is 0. The van der Waals surface area contributed by atoms with E-state index in [4.69, 9.17) is 5.11 Å². The second-order valence-corrected chi connectivity index (χ2v) is 4.29. The van der Waals surface area contributed by atoms with Crippen LogP contribution in [0, 0.1) is 12.7 Å². The minimum absolute atomic E-state index is 0.0750. The first kappa shape index (κ1) is 13.2. The molecule has 0 saturated heterocycles. The average Bonchev–Trinajstić information content (AvgIpc) is 2.43. The Bertz CT molecular complexity index is 594. The number of carbonyl (C=O) groups is 1. The first-order valence-corrected chi connectivity index (χ1v) is 5.87. The Morgan fingerprint density at radius 1 is 1.21 bits per heavy atom. The van der Waals surface area contributed by atoms with Crippen molar-refractivity contribution in [2.75, 3.05) is 5.32 Å². The normalized spacial score (nSPS) is 10.3. The summed E-state index contributed by atoms with van der Waals surface area (Å²) in [5.41, 5.74) is 2.17. The molecule has 0 atom stereocenters. The Morgan fingerprint density at radius 3 is 2.53 bits per heavy atom. The maximum atomic E-state index is 13.5. The van der Waals surface area contributed by atoms with Crippen molar-refractivity contribution >= 4 is 11.6 Å². The van der Waals surface area contributed by atoms with E-state index in [0.717, 1.165) is 11.1 Å². The molecule has 0 aliphatic rings. The third-order valence-electron chi connectivity index (χ3n) is 2.77. The van der Waals surface area contributed by atoms with Gasteiger partial charge in [0.2, 0.25) is 0 Å². The Morgan fingerprint density at radius 2 is 1.89 bits per heavy atom. The van der Waals surface area contributed by atoms with E-state index in [2.05, 4.69) is 5.32 Å². The highest BCUT2D eigenvalue weighted by molar-refractivity contribution is 6.04. The molecule has 0 aromatic heterocycles. The lowest BCUT2D eigenvalue weighted by Gasteiger charge is -2.07. The molecule has 0 spiro atoms. The topological polar surface area (TPSA) is 49.3 Å². The van der Waals surface area contributed by atoms with Crippen LogP contribution in [-0.4, -0.2) is 11.0 Å². The number of halogens is 1. The van der Waals surface area contributed by atoms with Gasteiger partial charge in [-0.1, -0.05) is 18.2 Å². The fourth-order valence-corrected chi connectivity index (χ4v) is 1.69. The Kier molecular flexibility index (Phi) is 3.92. The Labute approximate surface area is 110 Å². The van der Waals surface area contributed by atoms with Crippen LogP contribution in [0.3, 0.4) is 0 Å². The SMILES string of the molecule is Cc1ccc(F)c(NC(=O)c2ccc(CO)cc2)c1. The minimum atomic E-state index is -0.467. The zero-order chi connectivity index (χ0) is 13.8. The predicted molar refractivity (Wildman–Crippen MR) is 71.5 cm³/mol. The van der Waals surface area contributed by atoms with Crippen molar-refractivity contribution < 1.29 is 14.3 Å². The van der Waals surface area contributed by atoms with E-state index < -0.39 is 5.82 Å². The van der Waals surface area contributed by atoms with Gasteiger partial charge in [-0.15, -0.1) is 0 Å². The van der Waals surface area contributed by atoms with Crippen LogP contribution >= 0.6 is 0 Å². The van der Waals surface area contributed by atoms with Crippen LogP contribution in [0.25, 0.3) is 0 Å².